The lowest BCUT2D eigenvalue weighted by Crippen LogP contribution is -2.37. The highest BCUT2D eigenvalue weighted by Crippen LogP contribution is 2.35. The van der Waals surface area contributed by atoms with Gasteiger partial charge in [-0.05, 0) is 36.5 Å². The number of nitrogens with zero attached hydrogens (tertiary/aromatic N) is 2. The van der Waals surface area contributed by atoms with Crippen LogP contribution in [0.2, 0.25) is 0 Å². The minimum Gasteiger partial charge on any atom is -0.406 e. The van der Waals surface area contributed by atoms with Gasteiger partial charge in [0.05, 0.1) is 5.56 Å². The van der Waals surface area contributed by atoms with Gasteiger partial charge in [-0.25, -0.2) is 0 Å². The predicted molar refractivity (Wildman–Crippen MR) is 104 cm³/mol. The number of hydrogen-bond donors (Lipinski definition) is 2. The molecule has 2 aliphatic heterocycles. The van der Waals surface area contributed by atoms with Gasteiger partial charge in [-0.2, -0.15) is 4.98 Å². The van der Waals surface area contributed by atoms with Crippen LogP contribution in [0.1, 0.15) is 43.2 Å². The Kier molecular flexibility index (Phi) is 5.17. The van der Waals surface area contributed by atoms with Gasteiger partial charge in [0.25, 0.3) is 5.56 Å². The molecule has 1 aromatic carbocycles. The third-order valence-corrected chi connectivity index (χ3v) is 5.54. The smallest absolute Gasteiger partial charge is 0.406 e. The molecule has 1 amide bonds. The molecular formula is C20H21F3N4O3. The molecule has 4 rings (SSSR count). The van der Waals surface area contributed by atoms with Crippen molar-refractivity contribution in [1.82, 2.24) is 9.97 Å². The van der Waals surface area contributed by atoms with Crippen LogP contribution in [-0.2, 0) is 4.79 Å². The highest BCUT2D eigenvalue weighted by atomic mass is 19.4. The van der Waals surface area contributed by atoms with Gasteiger partial charge in [0.15, 0.2) is 0 Å². The number of halogens is 3. The summed E-state index contributed by atoms with van der Waals surface area (Å²) in [7, 11) is 0. The van der Waals surface area contributed by atoms with Crippen molar-refractivity contribution in [3.05, 3.63) is 45.7 Å². The van der Waals surface area contributed by atoms with Crippen molar-refractivity contribution in [1.29, 1.82) is 0 Å². The van der Waals surface area contributed by atoms with Crippen LogP contribution in [0, 0.1) is 5.92 Å². The number of rotatable bonds is 3. The first-order valence-corrected chi connectivity index (χ1v) is 9.74. The average Bonchev–Trinajstić information content (AvgIpc) is 2.67. The number of anilines is 2. The summed E-state index contributed by atoms with van der Waals surface area (Å²) in [4.78, 5) is 34.4. The van der Waals surface area contributed by atoms with E-state index in [-0.39, 0.29) is 29.5 Å². The van der Waals surface area contributed by atoms with Gasteiger partial charge in [-0.1, -0.05) is 19.1 Å². The molecule has 10 heteroatoms. The monoisotopic (exact) mass is 422 g/mol. The molecule has 2 N–H and O–H groups in total. The largest absolute Gasteiger partial charge is 0.573 e. The normalized spacial score (nSPS) is 19.9. The van der Waals surface area contributed by atoms with Crippen molar-refractivity contribution >= 4 is 17.7 Å². The van der Waals surface area contributed by atoms with Crippen LogP contribution in [0.5, 0.6) is 5.75 Å². The van der Waals surface area contributed by atoms with E-state index in [2.05, 4.69) is 26.9 Å². The van der Waals surface area contributed by atoms with Crippen molar-refractivity contribution in [3.63, 3.8) is 0 Å². The Morgan fingerprint density at radius 2 is 1.80 bits per heavy atom. The molecule has 0 bridgehead atoms. The number of ether oxygens (including phenoxy) is 1. The van der Waals surface area contributed by atoms with Gasteiger partial charge in [0.2, 0.25) is 11.9 Å². The number of aromatic nitrogens is 2. The van der Waals surface area contributed by atoms with E-state index in [1.165, 1.54) is 24.3 Å². The topological polar surface area (TPSA) is 87.3 Å². The summed E-state index contributed by atoms with van der Waals surface area (Å²) < 4.78 is 41.0. The van der Waals surface area contributed by atoms with E-state index in [4.69, 9.17) is 0 Å². The minimum absolute atomic E-state index is 0.00217. The standard InChI is InChI=1S/C20H21F3N4O3/c1-11-6-8-27(9-7-11)19-25-17-16(18(29)26-19)14(10-15(28)24-17)12-2-4-13(5-3-12)30-20(21,22)23/h2-5,11,14H,6-10H2,1H3,(H2,24,25,26,28,29). The van der Waals surface area contributed by atoms with Crippen molar-refractivity contribution in [2.45, 2.75) is 38.5 Å². The van der Waals surface area contributed by atoms with Crippen LogP contribution in [-0.4, -0.2) is 35.3 Å². The van der Waals surface area contributed by atoms with Gasteiger partial charge in [-0.3, -0.25) is 14.6 Å². The molecule has 0 saturated carbocycles. The summed E-state index contributed by atoms with van der Waals surface area (Å²) in [5.41, 5.74) is 0.468. The summed E-state index contributed by atoms with van der Waals surface area (Å²) >= 11 is 0. The highest BCUT2D eigenvalue weighted by molar-refractivity contribution is 5.94. The van der Waals surface area contributed by atoms with Gasteiger partial charge in [-0.15, -0.1) is 13.2 Å². The first-order chi connectivity index (χ1) is 14.2. The van der Waals surface area contributed by atoms with Crippen LogP contribution in [0.15, 0.2) is 29.1 Å². The highest BCUT2D eigenvalue weighted by Gasteiger charge is 2.33. The molecule has 160 valence electrons. The van der Waals surface area contributed by atoms with Crippen LogP contribution in [0.25, 0.3) is 0 Å². The zero-order chi connectivity index (χ0) is 21.5. The van der Waals surface area contributed by atoms with Crippen molar-refractivity contribution in [3.8, 4) is 5.75 Å². The summed E-state index contributed by atoms with van der Waals surface area (Å²) in [6.45, 7) is 3.71. The maximum atomic E-state index is 12.9. The number of hydrogen-bond acceptors (Lipinski definition) is 5. The van der Waals surface area contributed by atoms with Crippen molar-refractivity contribution < 1.29 is 22.7 Å². The van der Waals surface area contributed by atoms with Gasteiger partial charge in [0, 0.05) is 25.4 Å². The van der Waals surface area contributed by atoms with Crippen LogP contribution in [0.4, 0.5) is 24.9 Å². The fourth-order valence-electron chi connectivity index (χ4n) is 3.92. The molecule has 1 saturated heterocycles. The molecule has 3 heterocycles. The van der Waals surface area contributed by atoms with E-state index < -0.39 is 12.3 Å². The summed E-state index contributed by atoms with van der Waals surface area (Å²) in [6.07, 6.45) is -2.81. The number of aromatic amines is 1. The lowest BCUT2D eigenvalue weighted by Gasteiger charge is -2.32. The SMILES string of the molecule is CC1CCN(c2nc3c(c(=O)[nH]2)C(c2ccc(OC(F)(F)F)cc2)CC(=O)N3)CC1. The third-order valence-electron chi connectivity index (χ3n) is 5.54. The number of benzene rings is 1. The molecule has 1 aromatic heterocycles. The van der Waals surface area contributed by atoms with Crippen molar-refractivity contribution in [2.24, 2.45) is 5.92 Å². The number of carbonyl (C=O) groups is 1. The zero-order valence-electron chi connectivity index (χ0n) is 16.3. The second kappa shape index (κ2) is 7.66. The Hall–Kier alpha value is -3.04. The van der Waals surface area contributed by atoms with Crippen LogP contribution in [0.3, 0.4) is 0 Å². The molecule has 0 aliphatic carbocycles. The molecule has 0 radical (unpaired) electrons. The lowest BCUT2D eigenvalue weighted by molar-refractivity contribution is -0.274. The zero-order valence-corrected chi connectivity index (χ0v) is 16.3. The summed E-state index contributed by atoms with van der Waals surface area (Å²) in [5.74, 6) is -0.0583. The van der Waals surface area contributed by atoms with E-state index in [9.17, 15) is 22.8 Å². The molecule has 2 aromatic rings. The Labute approximate surface area is 170 Å². The molecular weight excluding hydrogens is 401 g/mol. The molecule has 1 fully saturated rings. The molecule has 7 nitrogen and oxygen atoms in total. The number of amides is 1. The van der Waals surface area contributed by atoms with Gasteiger partial charge in [0.1, 0.15) is 11.6 Å². The van der Waals surface area contributed by atoms with E-state index >= 15 is 0 Å². The minimum atomic E-state index is -4.79. The molecule has 30 heavy (non-hydrogen) atoms. The number of carbonyl (C=O) groups excluding carboxylic acids is 1. The Morgan fingerprint density at radius 1 is 1.13 bits per heavy atom. The van der Waals surface area contributed by atoms with Gasteiger partial charge >= 0.3 is 6.36 Å². The number of nitrogens with one attached hydrogen (secondary N) is 2. The summed E-state index contributed by atoms with van der Waals surface area (Å²) in [6, 6.07) is 5.18. The quantitative estimate of drug-likeness (QED) is 0.792. The van der Waals surface area contributed by atoms with E-state index in [0.29, 0.717) is 23.0 Å². The molecule has 2 aliphatic rings. The number of H-pyrrole nitrogens is 1. The predicted octanol–water partition coefficient (Wildman–Crippen LogP) is 3.38. The van der Waals surface area contributed by atoms with Crippen molar-refractivity contribution in [2.75, 3.05) is 23.3 Å². The molecule has 1 unspecified atom stereocenters. The second-order valence-electron chi connectivity index (χ2n) is 7.74. The van der Waals surface area contributed by atoms with E-state index in [0.717, 1.165) is 25.9 Å². The fourth-order valence-corrected chi connectivity index (χ4v) is 3.92. The number of alkyl halides is 3. The Morgan fingerprint density at radius 3 is 2.43 bits per heavy atom. The number of piperidine rings is 1. The summed E-state index contributed by atoms with van der Waals surface area (Å²) in [5, 5.41) is 2.66. The van der Waals surface area contributed by atoms with Gasteiger partial charge < -0.3 is 15.0 Å². The average molecular weight is 422 g/mol. The molecule has 1 atom stereocenters. The maximum absolute atomic E-state index is 12.9. The van der Waals surface area contributed by atoms with Crippen LogP contribution >= 0.6 is 0 Å². The lowest BCUT2D eigenvalue weighted by atomic mass is 9.87. The number of fused-ring (bicyclic) bond motifs is 1. The Balaban J connectivity index is 1.65. The third kappa shape index (κ3) is 4.27. The maximum Gasteiger partial charge on any atom is 0.573 e. The fraction of sp³-hybridized carbons (Fsp3) is 0.450. The molecule has 0 spiro atoms. The first-order valence-electron chi connectivity index (χ1n) is 9.74. The first kappa shape index (κ1) is 20.2. The van der Waals surface area contributed by atoms with E-state index in [1.54, 1.807) is 0 Å². The van der Waals surface area contributed by atoms with E-state index in [1.807, 2.05) is 4.90 Å². The second-order valence-corrected chi connectivity index (χ2v) is 7.74. The van der Waals surface area contributed by atoms with Crippen LogP contribution < -0.4 is 20.5 Å². The Bertz CT molecular complexity index is 996.